The molecule has 2 rings (SSSR count). The minimum atomic E-state index is 1.11. The Hall–Kier alpha value is 0.430. The van der Waals surface area contributed by atoms with Crippen molar-refractivity contribution in [2.24, 2.45) is 0 Å². The molecule has 20 heavy (non-hydrogen) atoms. The summed E-state index contributed by atoms with van der Waals surface area (Å²) in [6, 6.07) is 0. The molecule has 0 aliphatic heterocycles. The van der Waals surface area contributed by atoms with Gasteiger partial charge in [-0.25, -0.2) is 0 Å². The molecule has 0 radical (unpaired) electrons. The molecule has 2 fully saturated rings. The van der Waals surface area contributed by atoms with Crippen LogP contribution in [0.4, 0.5) is 0 Å². The summed E-state index contributed by atoms with van der Waals surface area (Å²) in [7, 11) is 1.31. The van der Waals surface area contributed by atoms with E-state index in [9.17, 15) is 0 Å². The largest absolute Gasteiger partial charge is 0.116 e. The van der Waals surface area contributed by atoms with Crippen LogP contribution in [0.15, 0.2) is 0 Å². The van der Waals surface area contributed by atoms with Gasteiger partial charge in [0.1, 0.15) is 0 Å². The minimum absolute atomic E-state index is 1.11. The normalized spacial score (nSPS) is 27.0. The lowest BCUT2D eigenvalue weighted by Gasteiger charge is -2.24. The molecule has 0 bridgehead atoms. The van der Waals surface area contributed by atoms with Gasteiger partial charge in [-0.2, -0.15) is 0 Å². The van der Waals surface area contributed by atoms with Gasteiger partial charge in [-0.3, -0.25) is 0 Å². The highest BCUT2D eigenvalue weighted by Crippen LogP contribution is 2.39. The van der Waals surface area contributed by atoms with E-state index in [1.807, 2.05) is 0 Å². The molecule has 1 unspecified atom stereocenters. The van der Waals surface area contributed by atoms with E-state index >= 15 is 0 Å². The van der Waals surface area contributed by atoms with Gasteiger partial charge in [0.25, 0.3) is 0 Å². The monoisotopic (exact) mass is 296 g/mol. The zero-order valence-electron chi connectivity index (χ0n) is 13.7. The first kappa shape index (κ1) is 16.8. The Morgan fingerprint density at radius 2 is 0.600 bits per heavy atom. The van der Waals surface area contributed by atoms with Crippen molar-refractivity contribution in [3.63, 3.8) is 0 Å². The Kier molecular flexibility index (Phi) is 9.29. The standard InChI is InChI=1S/C19H37P/c1-2-6-10-14-18(15-11-7-3-1)20-19-16-12-8-4-5-9-13-17-19/h18-20H,1-17H2. The summed E-state index contributed by atoms with van der Waals surface area (Å²) in [5.74, 6) is 0. The van der Waals surface area contributed by atoms with Gasteiger partial charge in [0.2, 0.25) is 0 Å². The lowest BCUT2D eigenvalue weighted by Crippen LogP contribution is -2.10. The Labute approximate surface area is 129 Å². The average Bonchev–Trinajstić information content (AvgIpc) is 2.60. The van der Waals surface area contributed by atoms with Crippen molar-refractivity contribution in [2.75, 3.05) is 0 Å². The van der Waals surface area contributed by atoms with Crippen molar-refractivity contribution in [1.82, 2.24) is 0 Å². The fraction of sp³-hybridized carbons (Fsp3) is 1.00. The maximum atomic E-state index is 1.56. The number of hydrogen-bond acceptors (Lipinski definition) is 0. The molecule has 1 heteroatoms. The minimum Gasteiger partial charge on any atom is -0.116 e. The van der Waals surface area contributed by atoms with Crippen LogP contribution in [-0.2, 0) is 0 Å². The predicted octanol–water partition coefficient (Wildman–Crippen LogP) is 7.06. The first-order chi connectivity index (χ1) is 9.95. The summed E-state index contributed by atoms with van der Waals surface area (Å²) in [6.45, 7) is 0. The molecule has 2 aliphatic rings. The van der Waals surface area contributed by atoms with Crippen molar-refractivity contribution >= 4 is 8.58 Å². The van der Waals surface area contributed by atoms with Gasteiger partial charge in [-0.05, 0) is 37.0 Å². The smallest absolute Gasteiger partial charge is 0.0234 e. The molecule has 0 nitrogen and oxygen atoms in total. The molecule has 118 valence electrons. The SMILES string of the molecule is C1CCCCC(PC2CCCCCCCC2)CCCC1. The van der Waals surface area contributed by atoms with Gasteiger partial charge in [0.15, 0.2) is 0 Å². The zero-order chi connectivity index (χ0) is 13.9. The molecule has 0 aromatic heterocycles. The molecule has 2 saturated carbocycles. The van der Waals surface area contributed by atoms with E-state index < -0.39 is 0 Å². The van der Waals surface area contributed by atoms with E-state index in [-0.39, 0.29) is 0 Å². The van der Waals surface area contributed by atoms with Crippen LogP contribution in [0, 0.1) is 0 Å². The van der Waals surface area contributed by atoms with Crippen LogP contribution in [-0.4, -0.2) is 11.3 Å². The highest BCUT2D eigenvalue weighted by molar-refractivity contribution is 7.39. The van der Waals surface area contributed by atoms with E-state index in [1.165, 1.54) is 92.1 Å². The maximum absolute atomic E-state index is 1.56. The van der Waals surface area contributed by atoms with Crippen LogP contribution >= 0.6 is 8.58 Å². The maximum Gasteiger partial charge on any atom is -0.0234 e. The number of hydrogen-bond donors (Lipinski definition) is 0. The molecule has 2 aliphatic carbocycles. The summed E-state index contributed by atoms with van der Waals surface area (Å²) in [5.41, 5.74) is 2.22. The van der Waals surface area contributed by atoms with Crippen molar-refractivity contribution in [3.8, 4) is 0 Å². The van der Waals surface area contributed by atoms with Crippen LogP contribution in [0.2, 0.25) is 0 Å². The Morgan fingerprint density at radius 3 is 0.900 bits per heavy atom. The molecule has 0 heterocycles. The quantitative estimate of drug-likeness (QED) is 0.478. The first-order valence-electron chi connectivity index (χ1n) is 9.71. The van der Waals surface area contributed by atoms with Crippen LogP contribution < -0.4 is 0 Å². The second-order valence-corrected chi connectivity index (χ2v) is 9.28. The van der Waals surface area contributed by atoms with Gasteiger partial charge in [0, 0.05) is 0 Å². The highest BCUT2D eigenvalue weighted by Gasteiger charge is 2.17. The topological polar surface area (TPSA) is 0 Å². The van der Waals surface area contributed by atoms with Crippen molar-refractivity contribution in [1.29, 1.82) is 0 Å². The molecule has 0 amide bonds. The average molecular weight is 296 g/mol. The second-order valence-electron chi connectivity index (χ2n) is 7.31. The van der Waals surface area contributed by atoms with E-state index in [0.29, 0.717) is 0 Å². The van der Waals surface area contributed by atoms with Crippen LogP contribution in [0.3, 0.4) is 0 Å². The van der Waals surface area contributed by atoms with Gasteiger partial charge >= 0.3 is 0 Å². The molecule has 0 aromatic rings. The molecule has 0 spiro atoms. The lowest BCUT2D eigenvalue weighted by molar-refractivity contribution is 0.506. The van der Waals surface area contributed by atoms with Gasteiger partial charge in [0.05, 0.1) is 0 Å². The molecule has 0 aromatic carbocycles. The molecule has 1 atom stereocenters. The van der Waals surface area contributed by atoms with Crippen LogP contribution in [0.1, 0.15) is 109 Å². The highest BCUT2D eigenvalue weighted by atomic mass is 31.1. The molecular formula is C19H37P. The summed E-state index contributed by atoms with van der Waals surface area (Å²) < 4.78 is 0. The molecule has 0 N–H and O–H groups in total. The van der Waals surface area contributed by atoms with Crippen molar-refractivity contribution in [3.05, 3.63) is 0 Å². The molecule has 0 saturated heterocycles. The second kappa shape index (κ2) is 11.1. The van der Waals surface area contributed by atoms with Gasteiger partial charge < -0.3 is 0 Å². The third kappa shape index (κ3) is 7.44. The fourth-order valence-corrected chi connectivity index (χ4v) is 6.26. The van der Waals surface area contributed by atoms with Crippen LogP contribution in [0.25, 0.3) is 0 Å². The van der Waals surface area contributed by atoms with Crippen molar-refractivity contribution < 1.29 is 0 Å². The summed E-state index contributed by atoms with van der Waals surface area (Å²) in [4.78, 5) is 0. The van der Waals surface area contributed by atoms with Gasteiger partial charge in [-0.15, -0.1) is 8.58 Å². The van der Waals surface area contributed by atoms with E-state index in [1.54, 1.807) is 25.7 Å². The summed E-state index contributed by atoms with van der Waals surface area (Å²) >= 11 is 0. The predicted molar refractivity (Wildman–Crippen MR) is 94.4 cm³/mol. The third-order valence-electron chi connectivity index (χ3n) is 5.43. The molecular weight excluding hydrogens is 259 g/mol. The van der Waals surface area contributed by atoms with E-state index in [4.69, 9.17) is 0 Å². The summed E-state index contributed by atoms with van der Waals surface area (Å²) in [5, 5.41) is 0. The zero-order valence-corrected chi connectivity index (χ0v) is 14.7. The summed E-state index contributed by atoms with van der Waals surface area (Å²) in [6.07, 6.45) is 26.0. The fourth-order valence-electron chi connectivity index (χ4n) is 4.11. The van der Waals surface area contributed by atoms with Gasteiger partial charge in [-0.1, -0.05) is 83.5 Å². The lowest BCUT2D eigenvalue weighted by atomic mass is 10.0. The van der Waals surface area contributed by atoms with E-state index in [0.717, 1.165) is 11.3 Å². The Balaban J connectivity index is 1.74. The first-order valence-corrected chi connectivity index (χ1v) is 10.9. The van der Waals surface area contributed by atoms with Crippen molar-refractivity contribution in [2.45, 2.75) is 120 Å². The number of rotatable bonds is 2. The van der Waals surface area contributed by atoms with E-state index in [2.05, 4.69) is 0 Å². The Bertz CT molecular complexity index is 206. The third-order valence-corrected chi connectivity index (χ3v) is 7.53. The van der Waals surface area contributed by atoms with Crippen LogP contribution in [0.5, 0.6) is 0 Å². The Morgan fingerprint density at radius 1 is 0.350 bits per heavy atom.